The van der Waals surface area contributed by atoms with E-state index in [1.165, 1.54) is 11.3 Å². The van der Waals surface area contributed by atoms with Crippen LogP contribution in [-0.2, 0) is 9.53 Å². The van der Waals surface area contributed by atoms with Gasteiger partial charge in [-0.15, -0.1) is 11.3 Å². The third kappa shape index (κ3) is 4.51. The molecule has 1 aromatic heterocycles. The first kappa shape index (κ1) is 15.3. The SMILES string of the molecule is CC(C)(C)OC(=O)C(N)CC(=O)c1sccc1Br. The maximum absolute atomic E-state index is 11.9. The number of hydrogen-bond donors (Lipinski definition) is 1. The number of hydrogen-bond acceptors (Lipinski definition) is 5. The number of thiophene rings is 1. The molecule has 0 fully saturated rings. The van der Waals surface area contributed by atoms with Crippen molar-refractivity contribution in [2.45, 2.75) is 38.8 Å². The van der Waals surface area contributed by atoms with E-state index < -0.39 is 17.6 Å². The Morgan fingerprint density at radius 3 is 2.56 bits per heavy atom. The predicted octanol–water partition coefficient (Wildman–Crippen LogP) is 2.75. The van der Waals surface area contributed by atoms with Crippen molar-refractivity contribution in [1.29, 1.82) is 0 Å². The number of carbonyl (C=O) groups excluding carboxylic acids is 2. The molecule has 4 nitrogen and oxygen atoms in total. The predicted molar refractivity (Wildman–Crippen MR) is 74.8 cm³/mol. The van der Waals surface area contributed by atoms with Gasteiger partial charge in [0.05, 0.1) is 4.88 Å². The number of halogens is 1. The largest absolute Gasteiger partial charge is 0.459 e. The third-order valence-electron chi connectivity index (χ3n) is 1.99. The normalized spacial score (nSPS) is 13.2. The molecule has 6 heteroatoms. The fourth-order valence-electron chi connectivity index (χ4n) is 1.25. The van der Waals surface area contributed by atoms with Crippen molar-refractivity contribution >= 4 is 39.0 Å². The molecule has 0 saturated carbocycles. The van der Waals surface area contributed by atoms with Gasteiger partial charge < -0.3 is 10.5 Å². The Kier molecular flexibility index (Phi) is 5.07. The van der Waals surface area contributed by atoms with Crippen LogP contribution in [-0.4, -0.2) is 23.4 Å². The summed E-state index contributed by atoms with van der Waals surface area (Å²) >= 11 is 4.60. The van der Waals surface area contributed by atoms with Gasteiger partial charge in [-0.25, -0.2) is 0 Å². The molecule has 0 aliphatic carbocycles. The lowest BCUT2D eigenvalue weighted by Gasteiger charge is -2.21. The van der Waals surface area contributed by atoms with Crippen molar-refractivity contribution < 1.29 is 14.3 Å². The van der Waals surface area contributed by atoms with Crippen LogP contribution in [0, 0.1) is 0 Å². The van der Waals surface area contributed by atoms with E-state index in [9.17, 15) is 9.59 Å². The van der Waals surface area contributed by atoms with Crippen LogP contribution < -0.4 is 5.73 Å². The van der Waals surface area contributed by atoms with Gasteiger partial charge in [-0.2, -0.15) is 0 Å². The molecular formula is C12H16BrNO3S. The maximum Gasteiger partial charge on any atom is 0.323 e. The van der Waals surface area contributed by atoms with Crippen LogP contribution in [0.25, 0.3) is 0 Å². The average Bonchev–Trinajstić information content (AvgIpc) is 2.61. The van der Waals surface area contributed by atoms with Crippen LogP contribution in [0.4, 0.5) is 0 Å². The summed E-state index contributed by atoms with van der Waals surface area (Å²) in [6.07, 6.45) is -0.0476. The molecule has 1 unspecified atom stereocenters. The van der Waals surface area contributed by atoms with Gasteiger partial charge in [-0.05, 0) is 48.1 Å². The second-order valence-corrected chi connectivity index (χ2v) is 6.64. The minimum absolute atomic E-state index is 0.0476. The molecule has 2 N–H and O–H groups in total. The maximum atomic E-state index is 11.9. The molecule has 0 saturated heterocycles. The zero-order chi connectivity index (χ0) is 13.9. The van der Waals surface area contributed by atoms with Crippen molar-refractivity contribution in [1.82, 2.24) is 0 Å². The number of ether oxygens (including phenoxy) is 1. The van der Waals surface area contributed by atoms with E-state index in [0.717, 1.165) is 4.47 Å². The van der Waals surface area contributed by atoms with E-state index in [4.69, 9.17) is 10.5 Å². The molecule has 100 valence electrons. The summed E-state index contributed by atoms with van der Waals surface area (Å²) in [5.74, 6) is -0.709. The number of Topliss-reactive ketones (excluding diaryl/α,β-unsaturated/α-hetero) is 1. The smallest absolute Gasteiger partial charge is 0.323 e. The zero-order valence-corrected chi connectivity index (χ0v) is 12.9. The van der Waals surface area contributed by atoms with Gasteiger partial charge in [0.2, 0.25) is 0 Å². The van der Waals surface area contributed by atoms with Crippen molar-refractivity contribution in [2.75, 3.05) is 0 Å². The monoisotopic (exact) mass is 333 g/mol. The quantitative estimate of drug-likeness (QED) is 0.679. The second-order valence-electron chi connectivity index (χ2n) is 4.86. The number of rotatable bonds is 4. The van der Waals surface area contributed by atoms with Crippen LogP contribution in [0.15, 0.2) is 15.9 Å². The van der Waals surface area contributed by atoms with Crippen LogP contribution >= 0.6 is 27.3 Å². The second kappa shape index (κ2) is 5.95. The summed E-state index contributed by atoms with van der Waals surface area (Å²) in [4.78, 5) is 24.1. The lowest BCUT2D eigenvalue weighted by molar-refractivity contribution is -0.156. The summed E-state index contributed by atoms with van der Waals surface area (Å²) < 4.78 is 5.85. The molecule has 0 bridgehead atoms. The summed E-state index contributed by atoms with van der Waals surface area (Å²) in [6, 6.07) is 0.863. The molecule has 0 aromatic carbocycles. The van der Waals surface area contributed by atoms with Gasteiger partial charge in [-0.1, -0.05) is 0 Å². The van der Waals surface area contributed by atoms with Crippen LogP contribution in [0.2, 0.25) is 0 Å². The standard InChI is InChI=1S/C12H16BrNO3S/c1-12(2,3)17-11(16)8(14)6-9(15)10-7(13)4-5-18-10/h4-5,8H,6,14H2,1-3H3. The molecular weight excluding hydrogens is 318 g/mol. The van der Waals surface area contributed by atoms with Gasteiger partial charge >= 0.3 is 5.97 Å². The molecule has 0 aliphatic rings. The molecule has 1 aromatic rings. The number of nitrogens with two attached hydrogens (primary N) is 1. The highest BCUT2D eigenvalue weighted by molar-refractivity contribution is 9.10. The Labute approximate surface area is 119 Å². The van der Waals surface area contributed by atoms with Crippen molar-refractivity contribution in [2.24, 2.45) is 5.73 Å². The number of carbonyl (C=O) groups is 2. The lowest BCUT2D eigenvalue weighted by Crippen LogP contribution is -2.38. The average molecular weight is 334 g/mol. The topological polar surface area (TPSA) is 69.4 Å². The van der Waals surface area contributed by atoms with Crippen LogP contribution in [0.1, 0.15) is 36.9 Å². The van der Waals surface area contributed by atoms with Crippen LogP contribution in [0.5, 0.6) is 0 Å². The molecule has 0 aliphatic heterocycles. The van der Waals surface area contributed by atoms with E-state index >= 15 is 0 Å². The van der Waals surface area contributed by atoms with E-state index in [1.807, 2.05) is 0 Å². The first-order valence-electron chi connectivity index (χ1n) is 5.45. The van der Waals surface area contributed by atoms with Gasteiger partial charge in [0.25, 0.3) is 0 Å². The first-order chi connectivity index (χ1) is 8.20. The van der Waals surface area contributed by atoms with E-state index in [0.29, 0.717) is 4.88 Å². The summed E-state index contributed by atoms with van der Waals surface area (Å²) in [6.45, 7) is 5.28. The minimum Gasteiger partial charge on any atom is -0.459 e. The Hall–Kier alpha value is -0.720. The highest BCUT2D eigenvalue weighted by atomic mass is 79.9. The van der Waals surface area contributed by atoms with E-state index in [1.54, 1.807) is 32.2 Å². The fourth-order valence-corrected chi connectivity index (χ4v) is 2.79. The van der Waals surface area contributed by atoms with Crippen molar-refractivity contribution in [3.8, 4) is 0 Å². The molecule has 0 amide bonds. The Morgan fingerprint density at radius 2 is 2.11 bits per heavy atom. The lowest BCUT2D eigenvalue weighted by atomic mass is 10.1. The summed E-state index contributed by atoms with van der Waals surface area (Å²) in [5.41, 5.74) is 5.08. The molecule has 0 radical (unpaired) electrons. The molecule has 1 rings (SSSR count). The van der Waals surface area contributed by atoms with Gasteiger partial charge in [0.1, 0.15) is 11.6 Å². The molecule has 1 heterocycles. The Bertz CT molecular complexity index is 450. The van der Waals surface area contributed by atoms with Gasteiger partial charge in [0, 0.05) is 10.9 Å². The minimum atomic E-state index is -0.925. The van der Waals surface area contributed by atoms with Crippen LogP contribution in [0.3, 0.4) is 0 Å². The van der Waals surface area contributed by atoms with E-state index in [-0.39, 0.29) is 12.2 Å². The third-order valence-corrected chi connectivity index (χ3v) is 3.86. The van der Waals surface area contributed by atoms with Gasteiger partial charge in [0.15, 0.2) is 5.78 Å². The summed E-state index contributed by atoms with van der Waals surface area (Å²) in [7, 11) is 0. The van der Waals surface area contributed by atoms with Gasteiger partial charge in [-0.3, -0.25) is 9.59 Å². The highest BCUT2D eigenvalue weighted by Gasteiger charge is 2.25. The van der Waals surface area contributed by atoms with Crippen molar-refractivity contribution in [3.05, 3.63) is 20.8 Å². The Morgan fingerprint density at radius 1 is 1.50 bits per heavy atom. The molecule has 0 spiro atoms. The first-order valence-corrected chi connectivity index (χ1v) is 7.12. The number of esters is 1. The number of ketones is 1. The Balaban J connectivity index is 2.60. The fraction of sp³-hybridized carbons (Fsp3) is 0.500. The zero-order valence-electron chi connectivity index (χ0n) is 10.5. The molecule has 1 atom stereocenters. The highest BCUT2D eigenvalue weighted by Crippen LogP contribution is 2.24. The van der Waals surface area contributed by atoms with E-state index in [2.05, 4.69) is 15.9 Å². The molecule has 18 heavy (non-hydrogen) atoms. The van der Waals surface area contributed by atoms with Crippen molar-refractivity contribution in [3.63, 3.8) is 0 Å². The summed E-state index contributed by atoms with van der Waals surface area (Å²) in [5, 5.41) is 1.80.